The highest BCUT2D eigenvalue weighted by molar-refractivity contribution is 6.22. The standard InChI is InChI=1S/C8H9Cl2NO/c9-5-11(6-10)7-1-3-8(12)4-2-7/h1-4,12H,5-6H2. The van der Waals surface area contributed by atoms with Gasteiger partial charge in [0.1, 0.15) is 5.75 Å². The Morgan fingerprint density at radius 1 is 1.08 bits per heavy atom. The maximum Gasteiger partial charge on any atom is 0.115 e. The molecule has 1 N–H and O–H groups in total. The second-order valence-corrected chi connectivity index (χ2v) is 2.77. The van der Waals surface area contributed by atoms with Crippen molar-refractivity contribution in [2.45, 2.75) is 0 Å². The van der Waals surface area contributed by atoms with Crippen molar-refractivity contribution in [2.75, 3.05) is 16.9 Å². The molecule has 0 aliphatic rings. The number of phenolic OH excluding ortho intramolecular Hbond substituents is 1. The molecule has 0 bridgehead atoms. The number of aromatic hydroxyl groups is 1. The molecule has 0 radical (unpaired) electrons. The number of nitrogens with zero attached hydrogens (tertiary/aromatic N) is 1. The van der Waals surface area contributed by atoms with E-state index >= 15 is 0 Å². The van der Waals surface area contributed by atoms with Crippen LogP contribution in [0.2, 0.25) is 0 Å². The Hall–Kier alpha value is -0.600. The molecule has 0 unspecified atom stereocenters. The molecule has 1 aromatic carbocycles. The van der Waals surface area contributed by atoms with Crippen LogP contribution in [0.25, 0.3) is 0 Å². The number of benzene rings is 1. The molecule has 0 saturated carbocycles. The Morgan fingerprint density at radius 3 is 2.00 bits per heavy atom. The molecule has 0 saturated heterocycles. The number of halogens is 2. The summed E-state index contributed by atoms with van der Waals surface area (Å²) in [5.74, 6) is 0.239. The quantitative estimate of drug-likeness (QED) is 0.606. The summed E-state index contributed by atoms with van der Waals surface area (Å²) >= 11 is 11.2. The van der Waals surface area contributed by atoms with E-state index in [2.05, 4.69) is 0 Å². The van der Waals surface area contributed by atoms with Gasteiger partial charge >= 0.3 is 0 Å². The minimum atomic E-state index is 0.239. The highest BCUT2D eigenvalue weighted by Crippen LogP contribution is 2.18. The van der Waals surface area contributed by atoms with Crippen LogP contribution >= 0.6 is 23.2 Å². The molecule has 0 heterocycles. The highest BCUT2D eigenvalue weighted by Gasteiger charge is 2.01. The van der Waals surface area contributed by atoms with Crippen LogP contribution in [0.5, 0.6) is 5.75 Å². The number of rotatable bonds is 3. The van der Waals surface area contributed by atoms with E-state index in [9.17, 15) is 0 Å². The van der Waals surface area contributed by atoms with Crippen molar-refractivity contribution in [1.82, 2.24) is 0 Å². The van der Waals surface area contributed by atoms with E-state index in [0.29, 0.717) is 12.0 Å². The van der Waals surface area contributed by atoms with E-state index in [-0.39, 0.29) is 5.75 Å². The van der Waals surface area contributed by atoms with E-state index in [1.807, 2.05) is 0 Å². The van der Waals surface area contributed by atoms with Gasteiger partial charge in [0.25, 0.3) is 0 Å². The Labute approximate surface area is 81.3 Å². The lowest BCUT2D eigenvalue weighted by molar-refractivity contribution is 0.475. The normalized spacial score (nSPS) is 9.83. The zero-order valence-electron chi connectivity index (χ0n) is 6.37. The first-order valence-electron chi connectivity index (χ1n) is 3.44. The van der Waals surface area contributed by atoms with Gasteiger partial charge in [0, 0.05) is 5.69 Å². The maximum atomic E-state index is 9.00. The molecule has 2 nitrogen and oxygen atoms in total. The van der Waals surface area contributed by atoms with Crippen LogP contribution in [-0.2, 0) is 0 Å². The van der Waals surface area contributed by atoms with Gasteiger partial charge in [-0.05, 0) is 24.3 Å². The van der Waals surface area contributed by atoms with Gasteiger partial charge in [0.15, 0.2) is 0 Å². The first-order chi connectivity index (χ1) is 5.77. The predicted molar refractivity (Wildman–Crippen MR) is 52.0 cm³/mol. The van der Waals surface area contributed by atoms with Crippen LogP contribution in [0.15, 0.2) is 24.3 Å². The second-order valence-electron chi connectivity index (χ2n) is 2.30. The van der Waals surface area contributed by atoms with Crippen LogP contribution < -0.4 is 4.90 Å². The van der Waals surface area contributed by atoms with Crippen LogP contribution in [0, 0.1) is 0 Å². The summed E-state index contributed by atoms with van der Waals surface area (Å²) in [5.41, 5.74) is 0.901. The molecule has 66 valence electrons. The van der Waals surface area contributed by atoms with Crippen molar-refractivity contribution in [1.29, 1.82) is 0 Å². The van der Waals surface area contributed by atoms with Crippen LogP contribution in [0.1, 0.15) is 0 Å². The maximum absolute atomic E-state index is 9.00. The lowest BCUT2D eigenvalue weighted by Crippen LogP contribution is -2.18. The predicted octanol–water partition coefficient (Wildman–Crippen LogP) is 2.59. The van der Waals surface area contributed by atoms with E-state index in [0.717, 1.165) is 5.69 Å². The van der Waals surface area contributed by atoms with Gasteiger partial charge in [-0.25, -0.2) is 0 Å². The van der Waals surface area contributed by atoms with Crippen molar-refractivity contribution in [3.05, 3.63) is 24.3 Å². The minimum Gasteiger partial charge on any atom is -0.508 e. The molecule has 0 amide bonds. The van der Waals surface area contributed by atoms with Crippen molar-refractivity contribution >= 4 is 28.9 Å². The van der Waals surface area contributed by atoms with E-state index in [1.54, 1.807) is 29.2 Å². The average Bonchev–Trinajstić information content (AvgIpc) is 2.10. The zero-order valence-corrected chi connectivity index (χ0v) is 7.89. The monoisotopic (exact) mass is 205 g/mol. The van der Waals surface area contributed by atoms with E-state index < -0.39 is 0 Å². The van der Waals surface area contributed by atoms with Gasteiger partial charge in [0.2, 0.25) is 0 Å². The molecule has 0 spiro atoms. The molecule has 4 heteroatoms. The lowest BCUT2D eigenvalue weighted by Gasteiger charge is -2.17. The summed E-state index contributed by atoms with van der Waals surface area (Å²) in [5, 5.41) is 9.00. The minimum absolute atomic E-state index is 0.239. The largest absolute Gasteiger partial charge is 0.508 e. The molecule has 12 heavy (non-hydrogen) atoms. The molecule has 0 aliphatic heterocycles. The topological polar surface area (TPSA) is 23.5 Å². The summed E-state index contributed by atoms with van der Waals surface area (Å²) in [4.78, 5) is 1.77. The highest BCUT2D eigenvalue weighted by atomic mass is 35.5. The molecule has 1 aromatic rings. The molecule has 0 atom stereocenters. The van der Waals surface area contributed by atoms with Crippen LogP contribution in [-0.4, -0.2) is 17.1 Å². The van der Waals surface area contributed by atoms with Crippen molar-refractivity contribution < 1.29 is 5.11 Å². The number of hydrogen-bond acceptors (Lipinski definition) is 2. The van der Waals surface area contributed by atoms with E-state index in [4.69, 9.17) is 28.3 Å². The molecular formula is C8H9Cl2NO. The molecule has 0 fully saturated rings. The second kappa shape index (κ2) is 4.43. The van der Waals surface area contributed by atoms with Gasteiger partial charge in [-0.1, -0.05) is 0 Å². The summed E-state index contributed by atoms with van der Waals surface area (Å²) in [6, 6.07) is 7.41. The first-order valence-corrected chi connectivity index (χ1v) is 4.50. The molecular weight excluding hydrogens is 197 g/mol. The Kier molecular flexibility index (Phi) is 3.50. The number of hydrogen-bond donors (Lipinski definition) is 1. The SMILES string of the molecule is Oc1ccc(N(CCl)CCl)cc1. The molecule has 0 aliphatic carbocycles. The fourth-order valence-electron chi connectivity index (χ4n) is 0.833. The van der Waals surface area contributed by atoms with Gasteiger partial charge in [0.05, 0.1) is 12.0 Å². The molecule has 1 rings (SSSR count). The Bertz CT molecular complexity index is 233. The summed E-state index contributed by atoms with van der Waals surface area (Å²) in [7, 11) is 0. The third-order valence-electron chi connectivity index (χ3n) is 1.50. The van der Waals surface area contributed by atoms with Gasteiger partial charge in [-0.15, -0.1) is 23.2 Å². The van der Waals surface area contributed by atoms with Crippen LogP contribution in [0.4, 0.5) is 5.69 Å². The Morgan fingerprint density at radius 2 is 1.58 bits per heavy atom. The number of anilines is 1. The Balaban J connectivity index is 2.80. The zero-order chi connectivity index (χ0) is 8.97. The van der Waals surface area contributed by atoms with Gasteiger partial charge in [-0.3, -0.25) is 0 Å². The van der Waals surface area contributed by atoms with Crippen molar-refractivity contribution in [2.24, 2.45) is 0 Å². The lowest BCUT2D eigenvalue weighted by atomic mass is 10.3. The van der Waals surface area contributed by atoms with E-state index in [1.165, 1.54) is 0 Å². The third-order valence-corrected chi connectivity index (χ3v) is 2.08. The fourth-order valence-corrected chi connectivity index (χ4v) is 1.36. The first kappa shape index (κ1) is 9.49. The smallest absolute Gasteiger partial charge is 0.115 e. The fraction of sp³-hybridized carbons (Fsp3) is 0.250. The van der Waals surface area contributed by atoms with Crippen molar-refractivity contribution in [3.8, 4) is 5.75 Å². The number of phenols is 1. The average molecular weight is 206 g/mol. The summed E-state index contributed by atoms with van der Waals surface area (Å²) < 4.78 is 0. The van der Waals surface area contributed by atoms with Gasteiger partial charge in [-0.2, -0.15) is 0 Å². The number of alkyl halides is 2. The van der Waals surface area contributed by atoms with Crippen molar-refractivity contribution in [3.63, 3.8) is 0 Å². The molecule has 0 aromatic heterocycles. The third kappa shape index (κ3) is 2.19. The van der Waals surface area contributed by atoms with Crippen LogP contribution in [0.3, 0.4) is 0 Å². The summed E-state index contributed by atoms with van der Waals surface area (Å²) in [6.07, 6.45) is 0. The summed E-state index contributed by atoms with van der Waals surface area (Å²) in [6.45, 7) is 0. The van der Waals surface area contributed by atoms with Gasteiger partial charge < -0.3 is 10.0 Å².